The highest BCUT2D eigenvalue weighted by Gasteiger charge is 2.41. The Kier molecular flexibility index (Phi) is 4.45. The summed E-state index contributed by atoms with van der Waals surface area (Å²) in [5.41, 5.74) is 0.474. The summed E-state index contributed by atoms with van der Waals surface area (Å²) >= 11 is 0. The molecule has 0 aromatic carbocycles. The van der Waals surface area contributed by atoms with Crippen LogP contribution >= 0.6 is 0 Å². The number of aliphatic hydroxyl groups excluding tert-OH is 1. The van der Waals surface area contributed by atoms with E-state index >= 15 is 0 Å². The molecule has 100 valence electrons. The Hall–Kier alpha value is -0.120. The fraction of sp³-hybridized carbons (Fsp3) is 1.00. The third-order valence-corrected chi connectivity index (χ3v) is 4.74. The summed E-state index contributed by atoms with van der Waals surface area (Å²) in [6.45, 7) is 8.88. The molecule has 3 nitrogen and oxygen atoms in total. The van der Waals surface area contributed by atoms with Crippen LogP contribution in [0.25, 0.3) is 0 Å². The van der Waals surface area contributed by atoms with E-state index in [-0.39, 0.29) is 6.10 Å². The molecule has 2 heterocycles. The first kappa shape index (κ1) is 13.3. The van der Waals surface area contributed by atoms with Crippen molar-refractivity contribution in [3.05, 3.63) is 0 Å². The van der Waals surface area contributed by atoms with Gasteiger partial charge >= 0.3 is 0 Å². The molecule has 1 unspecified atom stereocenters. The number of likely N-dealkylation sites (tertiary alicyclic amines) is 1. The maximum atomic E-state index is 9.93. The van der Waals surface area contributed by atoms with Gasteiger partial charge in [-0.05, 0) is 57.7 Å². The van der Waals surface area contributed by atoms with Crippen molar-refractivity contribution in [2.75, 3.05) is 26.2 Å². The van der Waals surface area contributed by atoms with Crippen LogP contribution in [0.15, 0.2) is 0 Å². The standard InChI is InChI=1S/C14H28N2O/c1-12(2)13(17)4-11-16-10-3-5-14(16)6-8-15-9-7-14/h12-13,15,17H,3-11H2,1-2H3. The molecule has 17 heavy (non-hydrogen) atoms. The zero-order valence-corrected chi connectivity index (χ0v) is 11.4. The van der Waals surface area contributed by atoms with Crippen molar-refractivity contribution >= 4 is 0 Å². The topological polar surface area (TPSA) is 35.5 Å². The van der Waals surface area contributed by atoms with Gasteiger partial charge in [0, 0.05) is 12.1 Å². The fourth-order valence-corrected chi connectivity index (χ4v) is 3.42. The van der Waals surface area contributed by atoms with Crippen molar-refractivity contribution in [2.45, 2.75) is 57.6 Å². The van der Waals surface area contributed by atoms with Gasteiger partial charge in [-0.2, -0.15) is 0 Å². The van der Waals surface area contributed by atoms with Gasteiger partial charge in [0.15, 0.2) is 0 Å². The zero-order chi connectivity index (χ0) is 12.3. The molecule has 0 bridgehead atoms. The van der Waals surface area contributed by atoms with E-state index in [4.69, 9.17) is 0 Å². The molecule has 2 saturated heterocycles. The molecule has 0 aromatic rings. The lowest BCUT2D eigenvalue weighted by atomic mass is 9.85. The van der Waals surface area contributed by atoms with E-state index in [1.54, 1.807) is 0 Å². The molecule has 2 fully saturated rings. The van der Waals surface area contributed by atoms with E-state index < -0.39 is 0 Å². The van der Waals surface area contributed by atoms with Crippen LogP contribution in [0.2, 0.25) is 0 Å². The van der Waals surface area contributed by atoms with Gasteiger partial charge < -0.3 is 10.4 Å². The Morgan fingerprint density at radius 2 is 1.94 bits per heavy atom. The van der Waals surface area contributed by atoms with Crippen LogP contribution in [0.3, 0.4) is 0 Å². The molecule has 0 amide bonds. The second-order valence-corrected chi connectivity index (χ2v) is 6.16. The largest absolute Gasteiger partial charge is 0.393 e. The van der Waals surface area contributed by atoms with Gasteiger partial charge in [-0.15, -0.1) is 0 Å². The highest BCUT2D eigenvalue weighted by Crippen LogP contribution is 2.36. The van der Waals surface area contributed by atoms with E-state index in [0.717, 1.165) is 13.0 Å². The van der Waals surface area contributed by atoms with Crippen LogP contribution in [-0.2, 0) is 0 Å². The first-order chi connectivity index (χ1) is 8.14. The van der Waals surface area contributed by atoms with Crippen molar-refractivity contribution < 1.29 is 5.11 Å². The third kappa shape index (κ3) is 3.01. The highest BCUT2D eigenvalue weighted by molar-refractivity contribution is 4.98. The number of nitrogens with one attached hydrogen (secondary N) is 1. The lowest BCUT2D eigenvalue weighted by Gasteiger charge is -2.42. The predicted molar refractivity (Wildman–Crippen MR) is 71.1 cm³/mol. The summed E-state index contributed by atoms with van der Waals surface area (Å²) in [5.74, 6) is 0.390. The van der Waals surface area contributed by atoms with Gasteiger partial charge in [-0.3, -0.25) is 4.90 Å². The normalized spacial score (nSPS) is 26.8. The molecule has 3 heteroatoms. The lowest BCUT2D eigenvalue weighted by molar-refractivity contribution is 0.0601. The monoisotopic (exact) mass is 240 g/mol. The van der Waals surface area contributed by atoms with Crippen LogP contribution in [0, 0.1) is 5.92 Å². The van der Waals surface area contributed by atoms with Gasteiger partial charge in [0.2, 0.25) is 0 Å². The van der Waals surface area contributed by atoms with Crippen LogP contribution < -0.4 is 5.32 Å². The van der Waals surface area contributed by atoms with Crippen molar-refractivity contribution in [2.24, 2.45) is 5.92 Å². The van der Waals surface area contributed by atoms with E-state index in [1.807, 2.05) is 0 Å². The summed E-state index contributed by atoms with van der Waals surface area (Å²) in [6.07, 6.45) is 6.11. The second kappa shape index (κ2) is 5.68. The molecular weight excluding hydrogens is 212 g/mol. The Morgan fingerprint density at radius 3 is 2.59 bits per heavy atom. The number of aliphatic hydroxyl groups is 1. The molecule has 2 rings (SSSR count). The predicted octanol–water partition coefficient (Wildman–Crippen LogP) is 1.61. The van der Waals surface area contributed by atoms with Crippen LogP contribution in [0.4, 0.5) is 0 Å². The molecule has 0 aromatic heterocycles. The molecule has 2 aliphatic rings. The first-order valence-electron chi connectivity index (χ1n) is 7.28. The molecule has 0 aliphatic carbocycles. The van der Waals surface area contributed by atoms with Crippen molar-refractivity contribution in [1.82, 2.24) is 10.2 Å². The van der Waals surface area contributed by atoms with Crippen molar-refractivity contribution in [3.63, 3.8) is 0 Å². The van der Waals surface area contributed by atoms with Gasteiger partial charge in [0.05, 0.1) is 6.10 Å². The summed E-state index contributed by atoms with van der Waals surface area (Å²) in [7, 11) is 0. The SMILES string of the molecule is CC(C)C(O)CCN1CCCC12CCNCC2. The maximum Gasteiger partial charge on any atom is 0.0575 e. The smallest absolute Gasteiger partial charge is 0.0575 e. The minimum atomic E-state index is -0.130. The number of rotatable bonds is 4. The van der Waals surface area contributed by atoms with Crippen molar-refractivity contribution in [1.29, 1.82) is 0 Å². The van der Waals surface area contributed by atoms with Gasteiger partial charge in [0.1, 0.15) is 0 Å². The zero-order valence-electron chi connectivity index (χ0n) is 11.4. The first-order valence-corrected chi connectivity index (χ1v) is 7.28. The maximum absolute atomic E-state index is 9.93. The summed E-state index contributed by atoms with van der Waals surface area (Å²) < 4.78 is 0. The molecule has 1 spiro atoms. The van der Waals surface area contributed by atoms with Crippen molar-refractivity contribution in [3.8, 4) is 0 Å². The molecular formula is C14H28N2O. The van der Waals surface area contributed by atoms with Crippen LogP contribution in [-0.4, -0.2) is 47.8 Å². The lowest BCUT2D eigenvalue weighted by Crippen LogP contribution is -2.51. The van der Waals surface area contributed by atoms with E-state index in [2.05, 4.69) is 24.1 Å². The van der Waals surface area contributed by atoms with E-state index in [9.17, 15) is 5.11 Å². The average Bonchev–Trinajstić information content (AvgIpc) is 2.69. The number of hydrogen-bond acceptors (Lipinski definition) is 3. The average molecular weight is 240 g/mol. The molecule has 2 N–H and O–H groups in total. The quantitative estimate of drug-likeness (QED) is 0.784. The Morgan fingerprint density at radius 1 is 1.24 bits per heavy atom. The van der Waals surface area contributed by atoms with Crippen LogP contribution in [0.1, 0.15) is 46.0 Å². The van der Waals surface area contributed by atoms with Crippen LogP contribution in [0.5, 0.6) is 0 Å². The summed E-state index contributed by atoms with van der Waals surface area (Å²) in [6, 6.07) is 0. The van der Waals surface area contributed by atoms with E-state index in [0.29, 0.717) is 11.5 Å². The van der Waals surface area contributed by atoms with Gasteiger partial charge in [-0.1, -0.05) is 13.8 Å². The van der Waals surface area contributed by atoms with Gasteiger partial charge in [-0.25, -0.2) is 0 Å². The molecule has 0 radical (unpaired) electrons. The number of nitrogens with zero attached hydrogens (tertiary/aromatic N) is 1. The van der Waals surface area contributed by atoms with E-state index in [1.165, 1.54) is 45.3 Å². The Bertz CT molecular complexity index is 236. The second-order valence-electron chi connectivity index (χ2n) is 6.16. The Balaban J connectivity index is 1.86. The number of piperidine rings is 1. The third-order valence-electron chi connectivity index (χ3n) is 4.74. The minimum absolute atomic E-state index is 0.130. The molecule has 2 aliphatic heterocycles. The summed E-state index contributed by atoms with van der Waals surface area (Å²) in [5, 5.41) is 13.4. The molecule has 1 atom stereocenters. The minimum Gasteiger partial charge on any atom is -0.393 e. The number of hydrogen-bond donors (Lipinski definition) is 2. The fourth-order valence-electron chi connectivity index (χ4n) is 3.42. The molecule has 0 saturated carbocycles. The summed E-state index contributed by atoms with van der Waals surface area (Å²) in [4.78, 5) is 2.67. The van der Waals surface area contributed by atoms with Gasteiger partial charge in [0.25, 0.3) is 0 Å². The highest BCUT2D eigenvalue weighted by atomic mass is 16.3. The Labute approximate surface area is 106 Å².